The molecule has 1 aromatic heterocycles. The van der Waals surface area contributed by atoms with Crippen LogP contribution in [0.3, 0.4) is 0 Å². The Morgan fingerprint density at radius 3 is 2.94 bits per heavy atom. The Bertz CT molecular complexity index is 401. The van der Waals surface area contributed by atoms with E-state index in [0.29, 0.717) is 6.42 Å². The fourth-order valence-corrected chi connectivity index (χ4v) is 2.51. The number of hydrogen-bond donors (Lipinski definition) is 1. The standard InChI is InChI=1S/C12H20N4O/c1-3-6-16-11(17)5-4-9(13)12(16)10-7-14-8-15(10)2/h7-9,12H,3-6,13H2,1-2H3. The van der Waals surface area contributed by atoms with Crippen molar-refractivity contribution in [1.82, 2.24) is 14.5 Å². The van der Waals surface area contributed by atoms with Gasteiger partial charge in [0.2, 0.25) is 5.91 Å². The first kappa shape index (κ1) is 12.1. The number of aromatic nitrogens is 2. The molecule has 0 saturated carbocycles. The van der Waals surface area contributed by atoms with E-state index in [-0.39, 0.29) is 18.0 Å². The fourth-order valence-electron chi connectivity index (χ4n) is 2.51. The van der Waals surface area contributed by atoms with Crippen LogP contribution in [0.2, 0.25) is 0 Å². The zero-order valence-electron chi connectivity index (χ0n) is 10.5. The van der Waals surface area contributed by atoms with Gasteiger partial charge in [0.25, 0.3) is 0 Å². The molecule has 0 radical (unpaired) electrons. The third-order valence-electron chi connectivity index (χ3n) is 3.37. The first-order valence-electron chi connectivity index (χ1n) is 6.16. The molecule has 2 unspecified atom stereocenters. The summed E-state index contributed by atoms with van der Waals surface area (Å²) < 4.78 is 1.95. The highest BCUT2D eigenvalue weighted by atomic mass is 16.2. The summed E-state index contributed by atoms with van der Waals surface area (Å²) in [4.78, 5) is 18.0. The van der Waals surface area contributed by atoms with Gasteiger partial charge in [-0.05, 0) is 12.8 Å². The predicted octanol–water partition coefficient (Wildman–Crippen LogP) is 0.821. The van der Waals surface area contributed by atoms with Crippen LogP contribution < -0.4 is 5.73 Å². The third-order valence-corrected chi connectivity index (χ3v) is 3.37. The topological polar surface area (TPSA) is 64.2 Å². The maximum absolute atomic E-state index is 12.0. The number of nitrogens with zero attached hydrogens (tertiary/aromatic N) is 3. The van der Waals surface area contributed by atoms with Gasteiger partial charge in [-0.1, -0.05) is 6.92 Å². The van der Waals surface area contributed by atoms with Crippen LogP contribution >= 0.6 is 0 Å². The molecule has 1 aliphatic rings. The van der Waals surface area contributed by atoms with E-state index in [1.54, 1.807) is 6.33 Å². The average Bonchev–Trinajstić information content (AvgIpc) is 2.71. The zero-order chi connectivity index (χ0) is 12.4. The van der Waals surface area contributed by atoms with E-state index in [4.69, 9.17) is 5.73 Å². The highest BCUT2D eigenvalue weighted by Gasteiger charge is 2.35. The first-order chi connectivity index (χ1) is 8.15. The van der Waals surface area contributed by atoms with Crippen molar-refractivity contribution in [3.8, 4) is 0 Å². The van der Waals surface area contributed by atoms with E-state index in [0.717, 1.165) is 25.1 Å². The highest BCUT2D eigenvalue weighted by Crippen LogP contribution is 2.30. The maximum Gasteiger partial charge on any atom is 0.223 e. The second-order valence-corrected chi connectivity index (χ2v) is 4.66. The maximum atomic E-state index is 12.0. The van der Waals surface area contributed by atoms with Crippen LogP contribution in [0.1, 0.15) is 37.9 Å². The highest BCUT2D eigenvalue weighted by molar-refractivity contribution is 5.77. The van der Waals surface area contributed by atoms with Crippen LogP contribution in [0, 0.1) is 0 Å². The number of amides is 1. The summed E-state index contributed by atoms with van der Waals surface area (Å²) in [6, 6.07) is -0.0154. The van der Waals surface area contributed by atoms with Gasteiger partial charge in [-0.2, -0.15) is 0 Å². The Balaban J connectivity index is 2.32. The molecule has 2 atom stereocenters. The summed E-state index contributed by atoms with van der Waals surface area (Å²) in [6.07, 6.45) is 5.84. The molecule has 1 aromatic rings. The van der Waals surface area contributed by atoms with Crippen molar-refractivity contribution in [3.63, 3.8) is 0 Å². The second kappa shape index (κ2) is 4.87. The van der Waals surface area contributed by atoms with Crippen molar-refractivity contribution in [2.24, 2.45) is 12.8 Å². The van der Waals surface area contributed by atoms with Gasteiger partial charge in [-0.25, -0.2) is 4.98 Å². The summed E-state index contributed by atoms with van der Waals surface area (Å²) in [5, 5.41) is 0. The van der Waals surface area contributed by atoms with Crippen LogP contribution in [0.4, 0.5) is 0 Å². The van der Waals surface area contributed by atoms with Crippen molar-refractivity contribution >= 4 is 5.91 Å². The number of hydrogen-bond acceptors (Lipinski definition) is 3. The Hall–Kier alpha value is -1.36. The van der Waals surface area contributed by atoms with Crippen LogP contribution in [0.15, 0.2) is 12.5 Å². The van der Waals surface area contributed by atoms with E-state index < -0.39 is 0 Å². The average molecular weight is 236 g/mol. The molecule has 1 saturated heterocycles. The molecule has 0 aliphatic carbocycles. The lowest BCUT2D eigenvalue weighted by atomic mass is 9.94. The molecule has 2 rings (SSSR count). The van der Waals surface area contributed by atoms with Gasteiger partial charge >= 0.3 is 0 Å². The second-order valence-electron chi connectivity index (χ2n) is 4.66. The van der Waals surface area contributed by atoms with Gasteiger partial charge in [-0.3, -0.25) is 4.79 Å². The Morgan fingerprint density at radius 1 is 1.59 bits per heavy atom. The minimum Gasteiger partial charge on any atom is -0.336 e. The number of rotatable bonds is 3. The molecular weight excluding hydrogens is 216 g/mol. The van der Waals surface area contributed by atoms with E-state index in [1.165, 1.54) is 0 Å². The lowest BCUT2D eigenvalue weighted by molar-refractivity contribution is -0.137. The predicted molar refractivity (Wildman–Crippen MR) is 65.2 cm³/mol. The molecule has 0 bridgehead atoms. The van der Waals surface area contributed by atoms with Gasteiger partial charge in [0.15, 0.2) is 0 Å². The monoisotopic (exact) mass is 236 g/mol. The lowest BCUT2D eigenvalue weighted by Gasteiger charge is -2.39. The molecule has 1 fully saturated rings. The number of nitrogens with two attached hydrogens (primary N) is 1. The van der Waals surface area contributed by atoms with E-state index in [2.05, 4.69) is 11.9 Å². The van der Waals surface area contributed by atoms with Crippen molar-refractivity contribution in [2.45, 2.75) is 38.3 Å². The molecule has 1 amide bonds. The lowest BCUT2D eigenvalue weighted by Crippen LogP contribution is -2.49. The van der Waals surface area contributed by atoms with Gasteiger partial charge in [0.05, 0.1) is 24.3 Å². The van der Waals surface area contributed by atoms with E-state index in [9.17, 15) is 4.79 Å². The zero-order valence-corrected chi connectivity index (χ0v) is 10.5. The molecule has 5 heteroatoms. The van der Waals surface area contributed by atoms with Crippen molar-refractivity contribution in [3.05, 3.63) is 18.2 Å². The minimum absolute atomic E-state index is 0.00894. The Kier molecular flexibility index (Phi) is 3.47. The Morgan fingerprint density at radius 2 is 2.35 bits per heavy atom. The van der Waals surface area contributed by atoms with Crippen molar-refractivity contribution < 1.29 is 4.79 Å². The molecule has 94 valence electrons. The van der Waals surface area contributed by atoms with Crippen LogP contribution in [0.25, 0.3) is 0 Å². The molecule has 2 N–H and O–H groups in total. The van der Waals surface area contributed by atoms with Gasteiger partial charge < -0.3 is 15.2 Å². The molecule has 2 heterocycles. The number of carbonyl (C=O) groups is 1. The van der Waals surface area contributed by atoms with E-state index >= 15 is 0 Å². The minimum atomic E-state index is -0.0244. The number of carbonyl (C=O) groups excluding carboxylic acids is 1. The third kappa shape index (κ3) is 2.20. The molecule has 0 aromatic carbocycles. The number of likely N-dealkylation sites (tertiary alicyclic amines) is 1. The van der Waals surface area contributed by atoms with Gasteiger partial charge in [0.1, 0.15) is 0 Å². The Labute approximate surface area is 102 Å². The molecular formula is C12H20N4O. The van der Waals surface area contributed by atoms with Crippen LogP contribution in [0.5, 0.6) is 0 Å². The summed E-state index contributed by atoms with van der Waals surface area (Å²) in [7, 11) is 1.94. The first-order valence-corrected chi connectivity index (χ1v) is 6.16. The van der Waals surface area contributed by atoms with Gasteiger partial charge in [0, 0.05) is 26.1 Å². The molecule has 1 aliphatic heterocycles. The largest absolute Gasteiger partial charge is 0.336 e. The number of imidazole rings is 1. The molecule has 5 nitrogen and oxygen atoms in total. The normalized spacial score (nSPS) is 25.4. The summed E-state index contributed by atoms with van der Waals surface area (Å²) in [5.41, 5.74) is 7.21. The summed E-state index contributed by atoms with van der Waals surface area (Å²) in [5.74, 6) is 0.208. The van der Waals surface area contributed by atoms with Crippen LogP contribution in [-0.4, -0.2) is 32.9 Å². The number of piperidine rings is 1. The van der Waals surface area contributed by atoms with E-state index in [1.807, 2.05) is 22.7 Å². The van der Waals surface area contributed by atoms with Gasteiger partial charge in [-0.15, -0.1) is 0 Å². The SMILES string of the molecule is CCCN1C(=O)CCC(N)C1c1cncn1C. The molecule has 0 spiro atoms. The summed E-state index contributed by atoms with van der Waals surface area (Å²) >= 11 is 0. The summed E-state index contributed by atoms with van der Waals surface area (Å²) in [6.45, 7) is 2.84. The fraction of sp³-hybridized carbons (Fsp3) is 0.667. The molecule has 17 heavy (non-hydrogen) atoms. The van der Waals surface area contributed by atoms with Crippen molar-refractivity contribution in [2.75, 3.05) is 6.54 Å². The van der Waals surface area contributed by atoms with Crippen LogP contribution in [-0.2, 0) is 11.8 Å². The number of aryl methyl sites for hydroxylation is 1. The van der Waals surface area contributed by atoms with Crippen molar-refractivity contribution in [1.29, 1.82) is 0 Å². The quantitative estimate of drug-likeness (QED) is 0.845. The smallest absolute Gasteiger partial charge is 0.223 e.